The van der Waals surface area contributed by atoms with E-state index in [4.69, 9.17) is 9.47 Å². The van der Waals surface area contributed by atoms with Crippen LogP contribution in [0.15, 0.2) is 18.2 Å². The second-order valence-electron chi connectivity index (χ2n) is 5.26. The molecule has 1 N–H and O–H groups in total. The fourth-order valence-corrected chi connectivity index (χ4v) is 2.25. The Labute approximate surface area is 122 Å². The van der Waals surface area contributed by atoms with Crippen molar-refractivity contribution in [2.24, 2.45) is 0 Å². The van der Waals surface area contributed by atoms with E-state index in [0.29, 0.717) is 19.0 Å². The van der Waals surface area contributed by atoms with Gasteiger partial charge in [0.15, 0.2) is 11.5 Å². The van der Waals surface area contributed by atoms with Gasteiger partial charge in [-0.25, -0.2) is 0 Å². The van der Waals surface area contributed by atoms with E-state index in [1.54, 1.807) is 0 Å². The molecule has 0 bridgehead atoms. The van der Waals surface area contributed by atoms with Gasteiger partial charge in [0.2, 0.25) is 0 Å². The van der Waals surface area contributed by atoms with Crippen LogP contribution < -0.4 is 9.47 Å². The average molecular weight is 280 g/mol. The van der Waals surface area contributed by atoms with E-state index in [9.17, 15) is 5.11 Å². The number of benzene rings is 1. The number of hydrogen-bond acceptors (Lipinski definition) is 3. The second kappa shape index (κ2) is 8.15. The zero-order valence-electron chi connectivity index (χ0n) is 13.2. The lowest BCUT2D eigenvalue weighted by Gasteiger charge is -2.25. The first-order valence-electron chi connectivity index (χ1n) is 7.67. The third kappa shape index (κ3) is 4.71. The minimum Gasteiger partial charge on any atom is -0.490 e. The van der Waals surface area contributed by atoms with Crippen LogP contribution in [0.2, 0.25) is 0 Å². The molecule has 1 atom stereocenters. The SMILES string of the molecule is CCCCCC(C)(O)c1ccc(OCC)c(OCC)c1. The molecule has 1 rings (SSSR count). The summed E-state index contributed by atoms with van der Waals surface area (Å²) in [7, 11) is 0. The van der Waals surface area contributed by atoms with Crippen LogP contribution in [0.4, 0.5) is 0 Å². The molecule has 20 heavy (non-hydrogen) atoms. The largest absolute Gasteiger partial charge is 0.490 e. The van der Waals surface area contributed by atoms with Crippen LogP contribution in [0.5, 0.6) is 11.5 Å². The van der Waals surface area contributed by atoms with Crippen molar-refractivity contribution < 1.29 is 14.6 Å². The molecule has 0 aromatic heterocycles. The van der Waals surface area contributed by atoms with E-state index in [0.717, 1.165) is 37.0 Å². The van der Waals surface area contributed by atoms with Crippen LogP contribution in [0.25, 0.3) is 0 Å². The predicted molar refractivity (Wildman–Crippen MR) is 82.5 cm³/mol. The molecule has 0 saturated carbocycles. The highest BCUT2D eigenvalue weighted by molar-refractivity contribution is 5.44. The maximum Gasteiger partial charge on any atom is 0.161 e. The number of rotatable bonds is 9. The zero-order chi connectivity index (χ0) is 15.0. The summed E-state index contributed by atoms with van der Waals surface area (Å²) in [6.45, 7) is 9.12. The molecule has 3 nitrogen and oxygen atoms in total. The molecule has 1 aromatic rings. The lowest BCUT2D eigenvalue weighted by atomic mass is 9.90. The van der Waals surface area contributed by atoms with Gasteiger partial charge in [-0.15, -0.1) is 0 Å². The summed E-state index contributed by atoms with van der Waals surface area (Å²) >= 11 is 0. The molecule has 0 aliphatic rings. The smallest absolute Gasteiger partial charge is 0.161 e. The van der Waals surface area contributed by atoms with Gasteiger partial charge in [-0.3, -0.25) is 0 Å². The summed E-state index contributed by atoms with van der Waals surface area (Å²) in [5.74, 6) is 1.45. The highest BCUT2D eigenvalue weighted by atomic mass is 16.5. The van der Waals surface area contributed by atoms with E-state index in [-0.39, 0.29) is 0 Å². The maximum atomic E-state index is 10.6. The summed E-state index contributed by atoms with van der Waals surface area (Å²) in [5.41, 5.74) is 0.0756. The van der Waals surface area contributed by atoms with E-state index in [1.807, 2.05) is 39.0 Å². The van der Waals surface area contributed by atoms with Crippen molar-refractivity contribution in [2.75, 3.05) is 13.2 Å². The molecule has 3 heteroatoms. The van der Waals surface area contributed by atoms with Gasteiger partial charge in [0.1, 0.15) is 0 Å². The molecule has 0 aliphatic heterocycles. The molecule has 0 radical (unpaired) electrons. The Bertz CT molecular complexity index is 399. The average Bonchev–Trinajstić information content (AvgIpc) is 2.41. The van der Waals surface area contributed by atoms with Gasteiger partial charge in [-0.1, -0.05) is 32.3 Å². The maximum absolute atomic E-state index is 10.6. The summed E-state index contributed by atoms with van der Waals surface area (Å²) in [6, 6.07) is 5.72. The molecule has 0 heterocycles. The topological polar surface area (TPSA) is 38.7 Å². The van der Waals surface area contributed by atoms with Crippen LogP contribution >= 0.6 is 0 Å². The minimum atomic E-state index is -0.814. The molecule has 0 amide bonds. The Balaban J connectivity index is 2.91. The highest BCUT2D eigenvalue weighted by Crippen LogP contribution is 2.35. The van der Waals surface area contributed by atoms with Crippen LogP contribution in [-0.2, 0) is 5.60 Å². The lowest BCUT2D eigenvalue weighted by Crippen LogP contribution is -2.21. The van der Waals surface area contributed by atoms with Crippen LogP contribution in [0.3, 0.4) is 0 Å². The molecule has 0 fully saturated rings. The fourth-order valence-electron chi connectivity index (χ4n) is 2.25. The number of ether oxygens (including phenoxy) is 2. The Morgan fingerprint density at radius 2 is 1.65 bits per heavy atom. The molecule has 0 saturated heterocycles. The van der Waals surface area contributed by atoms with Crippen molar-refractivity contribution in [3.8, 4) is 11.5 Å². The molecular formula is C17H28O3. The molecule has 1 unspecified atom stereocenters. The Morgan fingerprint density at radius 3 is 2.25 bits per heavy atom. The highest BCUT2D eigenvalue weighted by Gasteiger charge is 2.24. The van der Waals surface area contributed by atoms with Crippen molar-refractivity contribution >= 4 is 0 Å². The van der Waals surface area contributed by atoms with Crippen LogP contribution in [0.1, 0.15) is 58.9 Å². The quantitative estimate of drug-likeness (QED) is 0.686. The fraction of sp³-hybridized carbons (Fsp3) is 0.647. The normalized spacial score (nSPS) is 13.8. The standard InChI is InChI=1S/C17H28O3/c1-5-8-9-12-17(4,18)14-10-11-15(19-6-2)16(13-14)20-7-3/h10-11,13,18H,5-9,12H2,1-4H3. The summed E-state index contributed by atoms with van der Waals surface area (Å²) in [5, 5.41) is 10.6. The van der Waals surface area contributed by atoms with Crippen LogP contribution in [0, 0.1) is 0 Å². The van der Waals surface area contributed by atoms with Gasteiger partial charge in [0.05, 0.1) is 18.8 Å². The van der Waals surface area contributed by atoms with Gasteiger partial charge in [-0.2, -0.15) is 0 Å². The van der Waals surface area contributed by atoms with Gasteiger partial charge in [0.25, 0.3) is 0 Å². The van der Waals surface area contributed by atoms with Crippen molar-refractivity contribution in [1.82, 2.24) is 0 Å². The number of aliphatic hydroxyl groups is 1. The van der Waals surface area contributed by atoms with E-state index in [2.05, 4.69) is 6.92 Å². The third-order valence-electron chi connectivity index (χ3n) is 3.43. The van der Waals surface area contributed by atoms with Crippen LogP contribution in [-0.4, -0.2) is 18.3 Å². The van der Waals surface area contributed by atoms with Gasteiger partial charge < -0.3 is 14.6 Å². The summed E-state index contributed by atoms with van der Waals surface area (Å²) in [6.07, 6.45) is 4.09. The predicted octanol–water partition coefficient (Wildman–Crippen LogP) is 4.27. The van der Waals surface area contributed by atoms with Crippen molar-refractivity contribution in [3.05, 3.63) is 23.8 Å². The van der Waals surface area contributed by atoms with Gasteiger partial charge in [-0.05, 0) is 44.9 Å². The van der Waals surface area contributed by atoms with Crippen molar-refractivity contribution in [1.29, 1.82) is 0 Å². The molecular weight excluding hydrogens is 252 g/mol. The molecule has 1 aromatic carbocycles. The first-order chi connectivity index (χ1) is 9.55. The molecule has 0 spiro atoms. The van der Waals surface area contributed by atoms with Crippen molar-refractivity contribution in [3.63, 3.8) is 0 Å². The summed E-state index contributed by atoms with van der Waals surface area (Å²) < 4.78 is 11.2. The van der Waals surface area contributed by atoms with E-state index >= 15 is 0 Å². The molecule has 0 aliphatic carbocycles. The Hall–Kier alpha value is -1.22. The minimum absolute atomic E-state index is 0.585. The molecule has 114 valence electrons. The van der Waals surface area contributed by atoms with E-state index in [1.165, 1.54) is 0 Å². The first-order valence-corrected chi connectivity index (χ1v) is 7.67. The monoisotopic (exact) mass is 280 g/mol. The first kappa shape index (κ1) is 16.8. The van der Waals surface area contributed by atoms with E-state index < -0.39 is 5.60 Å². The third-order valence-corrected chi connectivity index (χ3v) is 3.43. The zero-order valence-corrected chi connectivity index (χ0v) is 13.2. The Morgan fingerprint density at radius 1 is 1.00 bits per heavy atom. The Kier molecular flexibility index (Phi) is 6.86. The second-order valence-corrected chi connectivity index (χ2v) is 5.26. The van der Waals surface area contributed by atoms with Gasteiger partial charge >= 0.3 is 0 Å². The van der Waals surface area contributed by atoms with Crippen molar-refractivity contribution in [2.45, 2.75) is 59.0 Å². The number of unbranched alkanes of at least 4 members (excludes halogenated alkanes) is 2. The lowest BCUT2D eigenvalue weighted by molar-refractivity contribution is 0.0446. The number of hydrogen-bond donors (Lipinski definition) is 1. The summed E-state index contributed by atoms with van der Waals surface area (Å²) in [4.78, 5) is 0. The van der Waals surface area contributed by atoms with Gasteiger partial charge in [0, 0.05) is 0 Å².